The van der Waals surface area contributed by atoms with Gasteiger partial charge in [0.25, 0.3) is 5.69 Å². The van der Waals surface area contributed by atoms with E-state index in [1.54, 1.807) is 0 Å². The zero-order chi connectivity index (χ0) is 27.1. The fraction of sp³-hybridized carbons (Fsp3) is 0.552. The molecular weight excluding hydrogens is 487 g/mol. The van der Waals surface area contributed by atoms with Gasteiger partial charge in [0.15, 0.2) is 0 Å². The van der Waals surface area contributed by atoms with E-state index in [1.807, 2.05) is 0 Å². The number of carbonyl (C=O) groups is 1. The summed E-state index contributed by atoms with van der Waals surface area (Å²) >= 11 is 0. The van der Waals surface area contributed by atoms with E-state index in [-0.39, 0.29) is 11.6 Å². The molecule has 37 heavy (non-hydrogen) atoms. The van der Waals surface area contributed by atoms with Crippen molar-refractivity contribution >= 4 is 24.2 Å². The minimum Gasteiger partial charge on any atom is -0.394 e. The summed E-state index contributed by atoms with van der Waals surface area (Å²) in [5.41, 5.74) is 0.330. The van der Waals surface area contributed by atoms with Gasteiger partial charge >= 0.3 is 0 Å². The van der Waals surface area contributed by atoms with Gasteiger partial charge < -0.3 is 15.5 Å². The highest BCUT2D eigenvalue weighted by molar-refractivity contribution is 7.81. The van der Waals surface area contributed by atoms with Gasteiger partial charge in [0.2, 0.25) is 5.91 Å². The van der Waals surface area contributed by atoms with E-state index < -0.39 is 30.9 Å². The maximum Gasteiger partial charge on any atom is 0.269 e. The summed E-state index contributed by atoms with van der Waals surface area (Å²) in [5.74, 6) is -0.207. The average Bonchev–Trinajstić information content (AvgIpc) is 2.90. The van der Waals surface area contributed by atoms with Gasteiger partial charge in [-0.2, -0.15) is 0 Å². The van der Waals surface area contributed by atoms with Crippen molar-refractivity contribution in [3.05, 3.63) is 70.3 Å². The summed E-state index contributed by atoms with van der Waals surface area (Å²) in [7, 11) is -0.998. The minimum atomic E-state index is -1.14. The first-order valence-corrected chi connectivity index (χ1v) is 16.3. The maximum absolute atomic E-state index is 12.3. The molecule has 0 bridgehead atoms. The molecule has 0 unspecified atom stereocenters. The Kier molecular flexibility index (Phi) is 13.8. The molecule has 2 atom stereocenters. The van der Waals surface area contributed by atoms with Crippen molar-refractivity contribution < 1.29 is 19.9 Å². The van der Waals surface area contributed by atoms with Gasteiger partial charge in [0, 0.05) is 25.8 Å². The molecule has 8 heteroatoms. The van der Waals surface area contributed by atoms with Gasteiger partial charge in [-0.1, -0.05) is 56.7 Å². The van der Waals surface area contributed by atoms with E-state index >= 15 is 0 Å². The quantitative estimate of drug-likeness (QED) is 0.100. The van der Waals surface area contributed by atoms with Crippen molar-refractivity contribution in [2.45, 2.75) is 76.4 Å². The van der Waals surface area contributed by atoms with Crippen LogP contribution in [-0.2, 0) is 4.79 Å². The van der Waals surface area contributed by atoms with Crippen LogP contribution in [0.2, 0.25) is 0 Å². The molecular formula is C29H44N2O5P+. The average molecular weight is 532 g/mol. The number of nitrogens with one attached hydrogen (secondary N) is 1. The molecule has 0 aliphatic rings. The van der Waals surface area contributed by atoms with Crippen molar-refractivity contribution in [1.82, 2.24) is 5.32 Å². The normalized spacial score (nSPS) is 13.2. The van der Waals surface area contributed by atoms with Crippen LogP contribution in [0, 0.1) is 10.1 Å². The lowest BCUT2D eigenvalue weighted by Crippen LogP contribution is -2.41. The molecule has 0 aliphatic heterocycles. The number of amides is 1. The lowest BCUT2D eigenvalue weighted by molar-refractivity contribution is -0.384. The molecule has 0 heterocycles. The summed E-state index contributed by atoms with van der Waals surface area (Å²) in [6, 6.07) is 15.5. The molecule has 0 saturated heterocycles. The standard InChI is InChI=1S/C29H43N2O5P/c1-37(2,26-15-11-10-12-16-26)22-14-9-7-5-3-4-6-8-13-17-28(33)30-27(23-32)29(34)24-18-20-25(21-19-24)31(35)36/h10-12,15-16,18-21,27,29,32,34H,3-9,13-14,17,22-23H2,1-2H3/p+1/t27-,29-/m1/s1. The van der Waals surface area contributed by atoms with Crippen molar-refractivity contribution in [3.63, 3.8) is 0 Å². The number of benzene rings is 2. The van der Waals surface area contributed by atoms with Crippen molar-refractivity contribution in [2.24, 2.45) is 0 Å². The second kappa shape index (κ2) is 16.5. The number of carbonyl (C=O) groups excluding carboxylic acids is 1. The molecule has 2 rings (SSSR count). The van der Waals surface area contributed by atoms with E-state index in [0.717, 1.165) is 19.3 Å². The Morgan fingerprint density at radius 3 is 1.97 bits per heavy atom. The molecule has 0 radical (unpaired) electrons. The Hall–Kier alpha value is -2.34. The lowest BCUT2D eigenvalue weighted by atomic mass is 10.0. The van der Waals surface area contributed by atoms with Crippen LogP contribution >= 0.6 is 7.26 Å². The van der Waals surface area contributed by atoms with Crippen LogP contribution in [0.1, 0.15) is 75.9 Å². The zero-order valence-corrected chi connectivity index (χ0v) is 23.2. The Bertz CT molecular complexity index is 937. The Morgan fingerprint density at radius 2 is 1.43 bits per heavy atom. The van der Waals surface area contributed by atoms with Crippen LogP contribution in [0.4, 0.5) is 5.69 Å². The van der Waals surface area contributed by atoms with E-state index in [1.165, 1.54) is 74.3 Å². The number of rotatable bonds is 18. The fourth-order valence-corrected chi connectivity index (χ4v) is 6.77. The number of aliphatic hydroxyl groups excluding tert-OH is 2. The smallest absolute Gasteiger partial charge is 0.269 e. The van der Waals surface area contributed by atoms with Crippen molar-refractivity contribution in [3.8, 4) is 0 Å². The van der Waals surface area contributed by atoms with Crippen molar-refractivity contribution in [2.75, 3.05) is 26.1 Å². The summed E-state index contributed by atoms with van der Waals surface area (Å²) in [4.78, 5) is 22.5. The van der Waals surface area contributed by atoms with Gasteiger partial charge in [0.1, 0.15) is 6.10 Å². The van der Waals surface area contributed by atoms with Crippen LogP contribution < -0.4 is 10.6 Å². The third-order valence-electron chi connectivity index (χ3n) is 6.95. The van der Waals surface area contributed by atoms with E-state index in [2.05, 4.69) is 49.0 Å². The molecule has 1 amide bonds. The minimum absolute atomic E-state index is 0.0791. The van der Waals surface area contributed by atoms with E-state index in [9.17, 15) is 25.1 Å². The van der Waals surface area contributed by atoms with Gasteiger partial charge in [-0.15, -0.1) is 0 Å². The van der Waals surface area contributed by atoms with Crippen LogP contribution in [0.25, 0.3) is 0 Å². The molecule has 2 aromatic rings. The predicted molar refractivity (Wildman–Crippen MR) is 153 cm³/mol. The number of aliphatic hydroxyl groups is 2. The van der Waals surface area contributed by atoms with Crippen LogP contribution in [-0.4, -0.2) is 53.2 Å². The highest BCUT2D eigenvalue weighted by Gasteiger charge is 2.27. The second-order valence-electron chi connectivity index (χ2n) is 10.3. The summed E-state index contributed by atoms with van der Waals surface area (Å²) in [6.45, 7) is 4.46. The number of nitrogens with zero attached hydrogens (tertiary/aromatic N) is 1. The van der Waals surface area contributed by atoms with E-state index in [4.69, 9.17) is 0 Å². The first-order chi connectivity index (χ1) is 17.7. The van der Waals surface area contributed by atoms with Crippen molar-refractivity contribution in [1.29, 1.82) is 0 Å². The highest BCUT2D eigenvalue weighted by Crippen LogP contribution is 2.50. The van der Waals surface area contributed by atoms with Crippen LogP contribution in [0.3, 0.4) is 0 Å². The number of hydrogen-bond acceptors (Lipinski definition) is 5. The number of nitro benzene ring substituents is 1. The second-order valence-corrected chi connectivity index (χ2v) is 14.7. The molecule has 204 valence electrons. The largest absolute Gasteiger partial charge is 0.394 e. The lowest BCUT2D eigenvalue weighted by Gasteiger charge is -2.22. The summed E-state index contributed by atoms with van der Waals surface area (Å²) < 4.78 is 0. The fourth-order valence-electron chi connectivity index (χ4n) is 4.52. The monoisotopic (exact) mass is 531 g/mol. The Morgan fingerprint density at radius 1 is 0.892 bits per heavy atom. The molecule has 0 aromatic heterocycles. The van der Waals surface area contributed by atoms with Gasteiger partial charge in [-0.05, 0) is 49.1 Å². The Balaban J connectivity index is 1.51. The third-order valence-corrected chi connectivity index (χ3v) is 10.1. The number of hydrogen-bond donors (Lipinski definition) is 3. The van der Waals surface area contributed by atoms with E-state index in [0.29, 0.717) is 12.0 Å². The first kappa shape index (κ1) is 30.9. The third kappa shape index (κ3) is 11.3. The molecule has 7 nitrogen and oxygen atoms in total. The summed E-state index contributed by atoms with van der Waals surface area (Å²) in [6.07, 6.45) is 11.0. The molecule has 0 spiro atoms. The molecule has 2 aromatic carbocycles. The van der Waals surface area contributed by atoms with Gasteiger partial charge in [-0.25, -0.2) is 0 Å². The number of nitro groups is 1. The topological polar surface area (TPSA) is 113 Å². The molecule has 0 aliphatic carbocycles. The maximum atomic E-state index is 12.3. The zero-order valence-electron chi connectivity index (χ0n) is 22.3. The van der Waals surface area contributed by atoms with Gasteiger partial charge in [0.05, 0.1) is 42.4 Å². The highest BCUT2D eigenvalue weighted by atomic mass is 31.2. The molecule has 0 fully saturated rings. The number of unbranched alkanes of at least 4 members (excludes halogenated alkanes) is 8. The SMILES string of the molecule is C[P+](C)(CCCCCCCCCCCC(=O)N[C@H](CO)[C@H](O)c1ccc([N+](=O)[O-])cc1)c1ccccc1. The van der Waals surface area contributed by atoms with Crippen LogP contribution in [0.5, 0.6) is 0 Å². The summed E-state index contributed by atoms with van der Waals surface area (Å²) in [5, 5.41) is 35.0. The van der Waals surface area contributed by atoms with Crippen LogP contribution in [0.15, 0.2) is 54.6 Å². The van der Waals surface area contributed by atoms with Gasteiger partial charge in [-0.3, -0.25) is 14.9 Å². The molecule has 0 saturated carbocycles. The first-order valence-electron chi connectivity index (χ1n) is 13.5. The Labute approximate surface area is 222 Å². The predicted octanol–water partition coefficient (Wildman–Crippen LogP) is 5.61. The number of non-ortho nitro benzene ring substituents is 1. The molecule has 3 N–H and O–H groups in total.